The molecule has 0 saturated carbocycles. The van der Waals surface area contributed by atoms with E-state index in [1.165, 1.54) is 16.2 Å². The molecule has 5 aromatic rings. The first kappa shape index (κ1) is 13.7. The third kappa shape index (κ3) is 1.90. The van der Waals surface area contributed by atoms with Crippen molar-refractivity contribution < 1.29 is 5.11 Å². The Hall–Kier alpha value is -2.71. The minimum absolute atomic E-state index is 0.314. The molecule has 0 heterocycles. The zero-order valence-corrected chi connectivity index (χ0v) is 13.7. The molecule has 1 N–H and O–H groups in total. The summed E-state index contributed by atoms with van der Waals surface area (Å²) in [6, 6.07) is 24.8. The monoisotopic (exact) mass is 326 g/mol. The van der Waals surface area contributed by atoms with E-state index < -0.39 is 0 Å². The molecule has 0 spiro atoms. The van der Waals surface area contributed by atoms with Crippen molar-refractivity contribution in [3.05, 3.63) is 72.8 Å². The normalized spacial score (nSPS) is 11.7. The topological polar surface area (TPSA) is 20.2 Å². The predicted octanol–water partition coefficient (Wildman–Crippen LogP) is 6.29. The smallest absolute Gasteiger partial charge is 0.123 e. The molecular weight excluding hydrogens is 312 g/mol. The zero-order chi connectivity index (χ0) is 16.3. The van der Waals surface area contributed by atoms with Crippen molar-refractivity contribution >= 4 is 55.7 Å². The number of aromatic hydroxyl groups is 1. The van der Waals surface area contributed by atoms with E-state index in [2.05, 4.69) is 48.5 Å². The molecule has 2 heteroatoms. The molecule has 0 aliphatic carbocycles. The summed E-state index contributed by atoms with van der Waals surface area (Å²) in [6.45, 7) is 0. The summed E-state index contributed by atoms with van der Waals surface area (Å²) in [4.78, 5) is 0.985. The average Bonchev–Trinajstić information content (AvgIpc) is 2.60. The van der Waals surface area contributed by atoms with Crippen molar-refractivity contribution in [2.45, 2.75) is 4.90 Å². The van der Waals surface area contributed by atoms with E-state index in [1.807, 2.05) is 18.2 Å². The van der Waals surface area contributed by atoms with Gasteiger partial charge in [-0.15, -0.1) is 12.6 Å². The third-order valence-electron chi connectivity index (χ3n) is 4.77. The van der Waals surface area contributed by atoms with Crippen LogP contribution in [0.1, 0.15) is 0 Å². The molecule has 24 heavy (non-hydrogen) atoms. The highest BCUT2D eigenvalue weighted by Gasteiger charge is 2.09. The molecule has 0 fully saturated rings. The van der Waals surface area contributed by atoms with Crippen LogP contribution in [-0.2, 0) is 0 Å². The largest absolute Gasteiger partial charge is 0.507 e. The van der Waals surface area contributed by atoms with E-state index in [4.69, 9.17) is 12.6 Å². The van der Waals surface area contributed by atoms with E-state index in [-0.39, 0.29) is 0 Å². The molecule has 0 unspecified atom stereocenters. The fraction of sp³-hybridized carbons (Fsp3) is 0. The summed E-state index contributed by atoms with van der Waals surface area (Å²) < 4.78 is 0. The molecule has 0 atom stereocenters. The van der Waals surface area contributed by atoms with Gasteiger partial charge in [-0.2, -0.15) is 0 Å². The minimum Gasteiger partial charge on any atom is -0.507 e. The average molecular weight is 326 g/mol. The van der Waals surface area contributed by atoms with Gasteiger partial charge in [-0.25, -0.2) is 0 Å². The summed E-state index contributed by atoms with van der Waals surface area (Å²) in [5.74, 6) is 0.314. The molecule has 0 saturated heterocycles. The maximum atomic E-state index is 10.1. The van der Waals surface area contributed by atoms with Crippen LogP contribution in [0.15, 0.2) is 77.7 Å². The second-order valence-corrected chi connectivity index (χ2v) is 6.66. The summed E-state index contributed by atoms with van der Waals surface area (Å²) in [5.41, 5.74) is 0. The first-order valence-electron chi connectivity index (χ1n) is 7.91. The fourth-order valence-electron chi connectivity index (χ4n) is 3.55. The van der Waals surface area contributed by atoms with E-state index in [0.29, 0.717) is 5.75 Å². The molecule has 5 aromatic carbocycles. The summed E-state index contributed by atoms with van der Waals surface area (Å²) >= 11 is 4.83. The number of phenols is 1. The number of hydrogen-bond acceptors (Lipinski definition) is 2. The lowest BCUT2D eigenvalue weighted by molar-refractivity contribution is 0.481. The van der Waals surface area contributed by atoms with Crippen molar-refractivity contribution in [2.75, 3.05) is 0 Å². The Morgan fingerprint density at radius 2 is 1.08 bits per heavy atom. The lowest BCUT2D eigenvalue weighted by Gasteiger charge is -2.11. The number of thiol groups is 1. The van der Waals surface area contributed by atoms with Crippen molar-refractivity contribution in [3.63, 3.8) is 0 Å². The van der Waals surface area contributed by atoms with E-state index in [9.17, 15) is 5.11 Å². The van der Waals surface area contributed by atoms with Crippen molar-refractivity contribution in [1.82, 2.24) is 0 Å². The van der Waals surface area contributed by atoms with Gasteiger partial charge >= 0.3 is 0 Å². The zero-order valence-electron chi connectivity index (χ0n) is 12.8. The quantitative estimate of drug-likeness (QED) is 0.253. The van der Waals surface area contributed by atoms with Crippen LogP contribution in [0.2, 0.25) is 0 Å². The Morgan fingerprint density at radius 3 is 1.88 bits per heavy atom. The van der Waals surface area contributed by atoms with Crippen LogP contribution in [0, 0.1) is 0 Å². The van der Waals surface area contributed by atoms with Gasteiger partial charge in [-0.1, -0.05) is 36.4 Å². The number of rotatable bonds is 0. The minimum atomic E-state index is 0.314. The molecule has 5 rings (SSSR count). The highest BCUT2D eigenvalue weighted by Crippen LogP contribution is 2.37. The first-order chi connectivity index (χ1) is 11.7. The maximum absolute atomic E-state index is 10.1. The standard InChI is InChI=1S/C22H14OS/c23-21-7-3-6-15-11-20-17(12-18(15)21)9-16-8-13-4-1-2-5-14(13)10-19(16)22(20)24/h1-12,23-24H. The van der Waals surface area contributed by atoms with Gasteiger partial charge in [0, 0.05) is 10.3 Å². The van der Waals surface area contributed by atoms with Gasteiger partial charge in [0.1, 0.15) is 5.75 Å². The lowest BCUT2D eigenvalue weighted by Crippen LogP contribution is -1.83. The molecule has 0 radical (unpaired) electrons. The summed E-state index contributed by atoms with van der Waals surface area (Å²) in [6.07, 6.45) is 0. The van der Waals surface area contributed by atoms with Crippen LogP contribution in [0.4, 0.5) is 0 Å². The van der Waals surface area contributed by atoms with Gasteiger partial charge in [0.25, 0.3) is 0 Å². The Balaban J connectivity index is 1.98. The SMILES string of the molecule is Oc1cccc2cc3c(S)c4cc5ccccc5cc4cc3cc12. The second kappa shape index (κ2) is 4.89. The summed E-state index contributed by atoms with van der Waals surface area (Å²) in [7, 11) is 0. The highest BCUT2D eigenvalue weighted by atomic mass is 32.1. The third-order valence-corrected chi connectivity index (χ3v) is 5.25. The number of hydrogen-bond donors (Lipinski definition) is 2. The Kier molecular flexibility index (Phi) is 2.79. The fourth-order valence-corrected chi connectivity index (χ4v) is 3.93. The number of phenolic OH excluding ortho intramolecular Hbond substituents is 1. The molecule has 0 aliphatic rings. The molecule has 0 bridgehead atoms. The van der Waals surface area contributed by atoms with E-state index in [0.717, 1.165) is 31.8 Å². The summed E-state index contributed by atoms with van der Waals surface area (Å²) in [5, 5.41) is 19.0. The lowest BCUT2D eigenvalue weighted by atomic mass is 9.97. The van der Waals surface area contributed by atoms with Gasteiger partial charge < -0.3 is 5.11 Å². The van der Waals surface area contributed by atoms with Gasteiger partial charge in [-0.3, -0.25) is 0 Å². The van der Waals surface area contributed by atoms with Gasteiger partial charge in [-0.05, 0) is 74.1 Å². The van der Waals surface area contributed by atoms with Gasteiger partial charge in [0.15, 0.2) is 0 Å². The highest BCUT2D eigenvalue weighted by molar-refractivity contribution is 7.80. The second-order valence-electron chi connectivity index (χ2n) is 6.22. The van der Waals surface area contributed by atoms with Crippen LogP contribution in [0.25, 0.3) is 43.1 Å². The van der Waals surface area contributed by atoms with Crippen molar-refractivity contribution in [2.24, 2.45) is 0 Å². The molecule has 0 amide bonds. The van der Waals surface area contributed by atoms with Crippen LogP contribution in [0.3, 0.4) is 0 Å². The number of fused-ring (bicyclic) bond motifs is 4. The number of benzene rings is 5. The Bertz CT molecular complexity index is 1270. The Labute approximate surface area is 144 Å². The molecule has 1 nitrogen and oxygen atoms in total. The van der Waals surface area contributed by atoms with E-state index in [1.54, 1.807) is 6.07 Å². The maximum Gasteiger partial charge on any atom is 0.123 e. The van der Waals surface area contributed by atoms with Crippen LogP contribution in [-0.4, -0.2) is 5.11 Å². The molecular formula is C22H14OS. The van der Waals surface area contributed by atoms with Crippen LogP contribution >= 0.6 is 12.6 Å². The Morgan fingerprint density at radius 1 is 0.542 bits per heavy atom. The van der Waals surface area contributed by atoms with E-state index >= 15 is 0 Å². The molecule has 114 valence electrons. The molecule has 0 aromatic heterocycles. The first-order valence-corrected chi connectivity index (χ1v) is 8.35. The van der Waals surface area contributed by atoms with Gasteiger partial charge in [0.05, 0.1) is 0 Å². The van der Waals surface area contributed by atoms with Crippen molar-refractivity contribution in [3.8, 4) is 5.75 Å². The van der Waals surface area contributed by atoms with Crippen LogP contribution in [0.5, 0.6) is 5.75 Å². The van der Waals surface area contributed by atoms with Crippen LogP contribution < -0.4 is 0 Å². The van der Waals surface area contributed by atoms with Gasteiger partial charge in [0.2, 0.25) is 0 Å². The predicted molar refractivity (Wildman–Crippen MR) is 105 cm³/mol. The van der Waals surface area contributed by atoms with Crippen molar-refractivity contribution in [1.29, 1.82) is 0 Å². The molecule has 0 aliphatic heterocycles.